The molecule has 39 heavy (non-hydrogen) atoms. The first kappa shape index (κ1) is 26.1. The molecule has 0 fully saturated rings. The monoisotopic (exact) mass is 541 g/mol. The summed E-state index contributed by atoms with van der Waals surface area (Å²) in [6.07, 6.45) is 6.57. The molecule has 11 heteroatoms. The molecule has 5 rings (SSSR count). The zero-order valence-corrected chi connectivity index (χ0v) is 22.6. The molecule has 0 saturated carbocycles. The van der Waals surface area contributed by atoms with Gasteiger partial charge < -0.3 is 14.6 Å². The van der Waals surface area contributed by atoms with Crippen LogP contribution in [0.1, 0.15) is 22.6 Å². The predicted octanol–water partition coefficient (Wildman–Crippen LogP) is 3.39. The number of rotatable bonds is 8. The second-order valence-electron chi connectivity index (χ2n) is 9.60. The fourth-order valence-corrected chi connectivity index (χ4v) is 5.50. The van der Waals surface area contributed by atoms with Gasteiger partial charge in [0.1, 0.15) is 11.6 Å². The van der Waals surface area contributed by atoms with Crippen molar-refractivity contribution >= 4 is 44.4 Å². The van der Waals surface area contributed by atoms with Gasteiger partial charge in [0.15, 0.2) is 0 Å². The second-order valence-corrected chi connectivity index (χ2v) is 11.5. The highest BCUT2D eigenvalue weighted by Crippen LogP contribution is 2.37. The Kier molecular flexibility index (Phi) is 6.91. The van der Waals surface area contributed by atoms with Crippen LogP contribution in [0.25, 0.3) is 5.65 Å². The third kappa shape index (κ3) is 5.38. The Labute approximate surface area is 226 Å². The number of anilines is 2. The minimum absolute atomic E-state index is 0.242. The van der Waals surface area contributed by atoms with Crippen molar-refractivity contribution in [2.45, 2.75) is 5.92 Å². The fraction of sp³-hybridized carbons (Fsp3) is 0.214. The Bertz CT molecular complexity index is 1740. The Hall–Kier alpha value is -4.53. The van der Waals surface area contributed by atoms with E-state index in [0.717, 1.165) is 16.8 Å². The Morgan fingerprint density at radius 1 is 1.13 bits per heavy atom. The number of hydrogen-bond acceptors (Lipinski definition) is 7. The molecule has 0 spiro atoms. The quantitative estimate of drug-likeness (QED) is 0.341. The van der Waals surface area contributed by atoms with Crippen molar-refractivity contribution in [3.05, 3.63) is 89.9 Å². The van der Waals surface area contributed by atoms with Gasteiger partial charge in [0.05, 0.1) is 35.0 Å². The van der Waals surface area contributed by atoms with Crippen LogP contribution in [-0.4, -0.2) is 67.8 Å². The molecule has 2 aromatic carbocycles. The Balaban J connectivity index is 1.58. The van der Waals surface area contributed by atoms with Crippen molar-refractivity contribution in [2.75, 3.05) is 43.1 Å². The number of carbonyl (C=O) groups excluding carboxylic acids is 1. The Morgan fingerprint density at radius 3 is 2.59 bits per heavy atom. The van der Waals surface area contributed by atoms with Gasteiger partial charge in [-0.25, -0.2) is 13.4 Å². The van der Waals surface area contributed by atoms with Crippen molar-refractivity contribution in [1.82, 2.24) is 14.3 Å². The molecule has 0 bridgehead atoms. The van der Waals surface area contributed by atoms with Crippen molar-refractivity contribution in [2.24, 2.45) is 4.99 Å². The first-order chi connectivity index (χ1) is 18.6. The summed E-state index contributed by atoms with van der Waals surface area (Å²) in [5, 5.41) is 12.2. The van der Waals surface area contributed by atoms with E-state index in [1.54, 1.807) is 48.7 Å². The number of hydrogen-bond donors (Lipinski definition) is 1. The van der Waals surface area contributed by atoms with Crippen molar-refractivity contribution in [3.8, 4) is 6.07 Å². The SMILES string of the molecule is CN(C)CCN(c1ccc(N=C(c2ccc3nccn3c2)C2C(=O)Nc3cc(C#N)ccc32)cc1)S(C)(=O)=O. The summed E-state index contributed by atoms with van der Waals surface area (Å²) in [5.41, 5.74) is 4.87. The van der Waals surface area contributed by atoms with Gasteiger partial charge in [-0.15, -0.1) is 0 Å². The zero-order valence-electron chi connectivity index (χ0n) is 21.7. The lowest BCUT2D eigenvalue weighted by Crippen LogP contribution is -2.35. The Morgan fingerprint density at radius 2 is 1.90 bits per heavy atom. The van der Waals surface area contributed by atoms with Crippen molar-refractivity contribution in [1.29, 1.82) is 5.26 Å². The van der Waals surface area contributed by atoms with Gasteiger partial charge >= 0.3 is 0 Å². The number of aliphatic imine (C=N–C) groups is 1. The van der Waals surface area contributed by atoms with Gasteiger partial charge in [0, 0.05) is 42.9 Å². The molecule has 1 aliphatic rings. The van der Waals surface area contributed by atoms with E-state index >= 15 is 0 Å². The molecule has 1 N–H and O–H groups in total. The number of carbonyl (C=O) groups is 1. The zero-order chi connectivity index (χ0) is 27.7. The number of aromatic nitrogens is 2. The highest BCUT2D eigenvalue weighted by Gasteiger charge is 2.36. The molecule has 1 atom stereocenters. The first-order valence-corrected chi connectivity index (χ1v) is 14.1. The molecular weight excluding hydrogens is 514 g/mol. The predicted molar refractivity (Wildman–Crippen MR) is 151 cm³/mol. The molecule has 10 nitrogen and oxygen atoms in total. The third-order valence-electron chi connectivity index (χ3n) is 6.51. The first-order valence-electron chi connectivity index (χ1n) is 12.2. The van der Waals surface area contributed by atoms with E-state index < -0.39 is 15.9 Å². The highest BCUT2D eigenvalue weighted by molar-refractivity contribution is 7.92. The standard InChI is InChI=1S/C28H27N7O3S/c1-33(2)14-15-35(39(3,37)38)22-8-6-21(7-9-22)31-27(20-5-11-25-30-12-13-34(25)18-20)26-23-10-4-19(17-29)16-24(23)32-28(26)36/h4-13,16,18,26H,14-15H2,1-3H3,(H,32,36). The van der Waals surface area contributed by atoms with Gasteiger partial charge in [0.2, 0.25) is 15.9 Å². The highest BCUT2D eigenvalue weighted by atomic mass is 32.2. The van der Waals surface area contributed by atoms with Gasteiger partial charge in [-0.3, -0.25) is 14.1 Å². The van der Waals surface area contributed by atoms with Gasteiger partial charge in [0.25, 0.3) is 0 Å². The maximum absolute atomic E-state index is 13.3. The van der Waals surface area contributed by atoms with Crippen molar-refractivity contribution in [3.63, 3.8) is 0 Å². The van der Waals surface area contributed by atoms with E-state index in [9.17, 15) is 18.5 Å². The fourth-order valence-electron chi connectivity index (χ4n) is 4.58. The van der Waals surface area contributed by atoms with Crippen LogP contribution < -0.4 is 9.62 Å². The molecule has 4 aromatic rings. The van der Waals surface area contributed by atoms with Crippen LogP contribution in [0.3, 0.4) is 0 Å². The van der Waals surface area contributed by atoms with Gasteiger partial charge in [-0.2, -0.15) is 5.26 Å². The largest absolute Gasteiger partial charge is 0.325 e. The summed E-state index contributed by atoms with van der Waals surface area (Å²) in [7, 11) is 0.295. The normalized spacial score (nSPS) is 15.3. The number of sulfonamides is 1. The minimum Gasteiger partial charge on any atom is -0.325 e. The smallest absolute Gasteiger partial charge is 0.238 e. The van der Waals surface area contributed by atoms with Crippen LogP contribution >= 0.6 is 0 Å². The van der Waals surface area contributed by atoms with E-state index in [4.69, 9.17) is 4.99 Å². The van der Waals surface area contributed by atoms with Gasteiger partial charge in [-0.05, 0) is 68.2 Å². The van der Waals surface area contributed by atoms with Crippen LogP contribution in [0.15, 0.2) is 78.2 Å². The molecular formula is C28H27N7O3S. The molecule has 1 unspecified atom stereocenters. The number of nitrogens with one attached hydrogen (secondary N) is 1. The molecule has 0 aliphatic carbocycles. The van der Waals surface area contributed by atoms with E-state index in [2.05, 4.69) is 16.4 Å². The topological polar surface area (TPSA) is 123 Å². The minimum atomic E-state index is -3.48. The number of fused-ring (bicyclic) bond motifs is 2. The third-order valence-corrected chi connectivity index (χ3v) is 7.70. The van der Waals surface area contributed by atoms with Crippen LogP contribution in [-0.2, 0) is 14.8 Å². The van der Waals surface area contributed by atoms with E-state index in [0.29, 0.717) is 41.4 Å². The molecule has 0 radical (unpaired) electrons. The van der Waals surface area contributed by atoms with Crippen LogP contribution in [0.5, 0.6) is 0 Å². The average molecular weight is 542 g/mol. The molecule has 198 valence electrons. The van der Waals surface area contributed by atoms with Crippen molar-refractivity contribution < 1.29 is 13.2 Å². The van der Waals surface area contributed by atoms with E-state index in [1.165, 1.54) is 10.6 Å². The summed E-state index contributed by atoms with van der Waals surface area (Å²) in [6.45, 7) is 0.881. The average Bonchev–Trinajstić information content (AvgIpc) is 3.49. The molecule has 3 heterocycles. The number of pyridine rings is 1. The number of amides is 1. The lowest BCUT2D eigenvalue weighted by molar-refractivity contribution is -0.115. The lowest BCUT2D eigenvalue weighted by atomic mass is 9.91. The maximum Gasteiger partial charge on any atom is 0.238 e. The molecule has 2 aromatic heterocycles. The summed E-state index contributed by atoms with van der Waals surface area (Å²) in [6, 6.07) is 17.9. The molecule has 0 saturated heterocycles. The number of nitrogens with zero attached hydrogens (tertiary/aromatic N) is 6. The number of nitriles is 1. The van der Waals surface area contributed by atoms with Crippen LogP contribution in [0.4, 0.5) is 17.1 Å². The van der Waals surface area contributed by atoms with E-state index in [-0.39, 0.29) is 5.91 Å². The maximum atomic E-state index is 13.3. The molecule has 1 aliphatic heterocycles. The van der Waals surface area contributed by atoms with E-state index in [1.807, 2.05) is 47.9 Å². The van der Waals surface area contributed by atoms with Gasteiger partial charge in [-0.1, -0.05) is 6.07 Å². The summed E-state index contributed by atoms with van der Waals surface area (Å²) < 4.78 is 28.1. The number of likely N-dealkylation sites (N-methyl/N-ethyl adjacent to an activating group) is 1. The molecule has 1 amide bonds. The summed E-state index contributed by atoms with van der Waals surface area (Å²) in [4.78, 5) is 24.4. The number of benzene rings is 2. The van der Waals surface area contributed by atoms with Crippen LogP contribution in [0.2, 0.25) is 0 Å². The van der Waals surface area contributed by atoms with Crippen LogP contribution in [0, 0.1) is 11.3 Å². The number of imidazole rings is 1. The summed E-state index contributed by atoms with van der Waals surface area (Å²) >= 11 is 0. The lowest BCUT2D eigenvalue weighted by Gasteiger charge is -2.24. The second kappa shape index (κ2) is 10.3. The summed E-state index contributed by atoms with van der Waals surface area (Å²) in [5.74, 6) is -0.950.